The second-order valence-corrected chi connectivity index (χ2v) is 13.8. The van der Waals surface area contributed by atoms with Gasteiger partial charge in [0.05, 0.1) is 0 Å². The van der Waals surface area contributed by atoms with E-state index in [0.29, 0.717) is 0 Å². The minimum Gasteiger partial charge on any atom is -0.0642 e. The Morgan fingerprint density at radius 3 is 1.07 bits per heavy atom. The van der Waals surface area contributed by atoms with Crippen molar-refractivity contribution in [1.29, 1.82) is 0 Å². The molecule has 0 bridgehead atoms. The van der Waals surface area contributed by atoms with E-state index in [9.17, 15) is 0 Å². The lowest BCUT2D eigenvalue weighted by Gasteiger charge is -2.27. The van der Waals surface area contributed by atoms with Gasteiger partial charge in [0.25, 0.3) is 0 Å². The van der Waals surface area contributed by atoms with Gasteiger partial charge in [-0.05, 0) is 113 Å². The number of hydrogen-bond donors (Lipinski definition) is 0. The smallest absolute Gasteiger partial charge is 0.0184 e. The summed E-state index contributed by atoms with van der Waals surface area (Å²) < 4.78 is 0. The summed E-state index contributed by atoms with van der Waals surface area (Å²) >= 11 is 0. The van der Waals surface area contributed by atoms with Gasteiger partial charge < -0.3 is 0 Å². The van der Waals surface area contributed by atoms with Crippen molar-refractivity contribution < 1.29 is 0 Å². The molecule has 0 nitrogen and oxygen atoms in total. The van der Waals surface area contributed by atoms with Crippen LogP contribution in [0.2, 0.25) is 0 Å². The molecule has 0 aliphatic heterocycles. The molecule has 0 N–H and O–H groups in total. The largest absolute Gasteiger partial charge is 0.0642 e. The van der Waals surface area contributed by atoms with Gasteiger partial charge >= 0.3 is 0 Å². The van der Waals surface area contributed by atoms with Crippen molar-refractivity contribution in [3.05, 3.63) is 156 Å². The van der Waals surface area contributed by atoms with Crippen LogP contribution in [0.15, 0.2) is 133 Å². The zero-order valence-corrected chi connectivity index (χ0v) is 27.1. The quantitative estimate of drug-likeness (QED) is 0.179. The summed E-state index contributed by atoms with van der Waals surface area (Å²) in [6.07, 6.45) is 2.14. The second kappa shape index (κ2) is 9.78. The molecule has 2 aliphatic carbocycles. The first-order chi connectivity index (χ1) is 22.5. The van der Waals surface area contributed by atoms with Crippen molar-refractivity contribution in [2.45, 2.75) is 51.4 Å². The predicted molar refractivity (Wildman–Crippen MR) is 197 cm³/mol. The van der Waals surface area contributed by atoms with E-state index in [1.807, 2.05) is 0 Å². The van der Waals surface area contributed by atoms with Crippen molar-refractivity contribution >= 4 is 21.5 Å². The normalized spacial score (nSPS) is 19.2. The molecule has 222 valence electrons. The molecule has 0 radical (unpaired) electrons. The Kier molecular flexibility index (Phi) is 5.82. The first-order valence-corrected chi connectivity index (χ1v) is 16.9. The van der Waals surface area contributed by atoms with E-state index in [-0.39, 0.29) is 10.8 Å². The first kappa shape index (κ1) is 27.4. The molecule has 0 saturated carbocycles. The molecule has 0 fully saturated rings. The van der Waals surface area contributed by atoms with Crippen LogP contribution in [-0.4, -0.2) is 0 Å². The van der Waals surface area contributed by atoms with Crippen molar-refractivity contribution in [2.24, 2.45) is 0 Å². The molecule has 7 aromatic rings. The molecule has 0 amide bonds. The van der Waals surface area contributed by atoms with Gasteiger partial charge in [-0.3, -0.25) is 0 Å². The summed E-state index contributed by atoms with van der Waals surface area (Å²) in [5.74, 6) is 0. The SMILES string of the molecule is CCC1(C)c2ccccc2-c2ccc(-c3c4ccccc4c(-c4ccc5c(c4)C(C)(CC)c4ccccc4-5)c4ccccc34)cc21. The third-order valence-corrected chi connectivity index (χ3v) is 11.8. The Hall–Kier alpha value is -4.94. The fourth-order valence-electron chi connectivity index (χ4n) is 8.98. The molecular weight excluding hydrogens is 553 g/mol. The molecule has 46 heavy (non-hydrogen) atoms. The Bertz CT molecular complexity index is 2150. The van der Waals surface area contributed by atoms with E-state index in [2.05, 4.69) is 161 Å². The average Bonchev–Trinajstić information content (AvgIpc) is 3.52. The van der Waals surface area contributed by atoms with Gasteiger partial charge in [0.1, 0.15) is 0 Å². The zero-order valence-electron chi connectivity index (χ0n) is 27.1. The van der Waals surface area contributed by atoms with Crippen molar-refractivity contribution in [3.63, 3.8) is 0 Å². The highest BCUT2D eigenvalue weighted by Gasteiger charge is 2.39. The van der Waals surface area contributed by atoms with Gasteiger partial charge in [-0.1, -0.05) is 149 Å². The Morgan fingerprint density at radius 2 is 0.696 bits per heavy atom. The highest BCUT2D eigenvalue weighted by atomic mass is 14.4. The van der Waals surface area contributed by atoms with Crippen molar-refractivity contribution in [1.82, 2.24) is 0 Å². The van der Waals surface area contributed by atoms with Crippen LogP contribution in [0.1, 0.15) is 62.8 Å². The maximum absolute atomic E-state index is 2.51. The topological polar surface area (TPSA) is 0 Å². The van der Waals surface area contributed by atoms with Gasteiger partial charge in [-0.25, -0.2) is 0 Å². The van der Waals surface area contributed by atoms with E-state index >= 15 is 0 Å². The molecule has 0 saturated heterocycles. The van der Waals surface area contributed by atoms with E-state index in [0.717, 1.165) is 12.8 Å². The predicted octanol–water partition coefficient (Wildman–Crippen LogP) is 12.7. The van der Waals surface area contributed by atoms with Crippen LogP contribution in [0.5, 0.6) is 0 Å². The summed E-state index contributed by atoms with van der Waals surface area (Å²) in [4.78, 5) is 0. The van der Waals surface area contributed by atoms with Gasteiger partial charge in [0.2, 0.25) is 0 Å². The van der Waals surface area contributed by atoms with Gasteiger partial charge in [-0.15, -0.1) is 0 Å². The maximum Gasteiger partial charge on any atom is 0.0184 e. The highest BCUT2D eigenvalue weighted by molar-refractivity contribution is 6.21. The van der Waals surface area contributed by atoms with Crippen LogP contribution < -0.4 is 0 Å². The summed E-state index contributed by atoms with van der Waals surface area (Å²) in [5, 5.41) is 5.25. The number of fused-ring (bicyclic) bond motifs is 8. The lowest BCUT2D eigenvalue weighted by atomic mass is 9.76. The second-order valence-electron chi connectivity index (χ2n) is 13.8. The van der Waals surface area contributed by atoms with E-state index in [1.165, 1.54) is 88.3 Å². The summed E-state index contributed by atoms with van der Waals surface area (Å²) in [7, 11) is 0. The number of hydrogen-bond acceptors (Lipinski definition) is 0. The van der Waals surface area contributed by atoms with Crippen molar-refractivity contribution in [2.75, 3.05) is 0 Å². The molecular formula is C46H38. The van der Waals surface area contributed by atoms with Gasteiger partial charge in [-0.2, -0.15) is 0 Å². The summed E-state index contributed by atoms with van der Waals surface area (Å²) in [6.45, 7) is 9.52. The van der Waals surface area contributed by atoms with Crippen LogP contribution in [0, 0.1) is 0 Å². The molecule has 0 aromatic heterocycles. The molecule has 0 heteroatoms. The molecule has 0 heterocycles. The third-order valence-electron chi connectivity index (χ3n) is 11.8. The van der Waals surface area contributed by atoms with Crippen LogP contribution in [0.25, 0.3) is 66.1 Å². The third kappa shape index (κ3) is 3.50. The Morgan fingerprint density at radius 1 is 0.370 bits per heavy atom. The van der Waals surface area contributed by atoms with Crippen LogP contribution in [0.3, 0.4) is 0 Å². The lowest BCUT2D eigenvalue weighted by Crippen LogP contribution is -2.19. The lowest BCUT2D eigenvalue weighted by molar-refractivity contribution is 0.564. The fourth-order valence-corrected chi connectivity index (χ4v) is 8.98. The van der Waals surface area contributed by atoms with Gasteiger partial charge in [0.15, 0.2) is 0 Å². The zero-order chi connectivity index (χ0) is 31.2. The molecule has 7 aromatic carbocycles. The highest BCUT2D eigenvalue weighted by Crippen LogP contribution is 2.54. The summed E-state index contributed by atoms with van der Waals surface area (Å²) in [6, 6.07) is 50.7. The number of rotatable bonds is 4. The molecule has 0 spiro atoms. The molecule has 2 aliphatic rings. The molecule has 2 unspecified atom stereocenters. The van der Waals surface area contributed by atoms with E-state index in [1.54, 1.807) is 0 Å². The molecule has 2 atom stereocenters. The Balaban J connectivity index is 1.31. The van der Waals surface area contributed by atoms with Crippen LogP contribution in [0.4, 0.5) is 0 Å². The minimum absolute atomic E-state index is 0.00140. The Labute approximate surface area is 272 Å². The number of benzene rings is 7. The monoisotopic (exact) mass is 590 g/mol. The van der Waals surface area contributed by atoms with E-state index in [4.69, 9.17) is 0 Å². The average molecular weight is 591 g/mol. The van der Waals surface area contributed by atoms with Crippen LogP contribution >= 0.6 is 0 Å². The standard InChI is InChI=1S/C46H38/c1-5-45(3)39-21-13-11-15-31(39)33-25-23-29(27-41(33)45)43-35-17-7-9-19-37(35)44(38-20-10-8-18-36(38)43)30-24-26-34-32-16-12-14-22-40(32)46(4,6-2)42(34)28-30/h7-28H,5-6H2,1-4H3. The minimum atomic E-state index is 0.00140. The fraction of sp³-hybridized carbons (Fsp3) is 0.174. The van der Waals surface area contributed by atoms with Crippen LogP contribution in [-0.2, 0) is 10.8 Å². The van der Waals surface area contributed by atoms with Gasteiger partial charge in [0, 0.05) is 10.8 Å². The van der Waals surface area contributed by atoms with Crippen molar-refractivity contribution in [3.8, 4) is 44.5 Å². The van der Waals surface area contributed by atoms with E-state index < -0.39 is 0 Å². The first-order valence-electron chi connectivity index (χ1n) is 16.9. The maximum atomic E-state index is 2.51. The molecule has 9 rings (SSSR count). The summed E-state index contributed by atoms with van der Waals surface area (Å²) in [5.41, 5.74) is 16.6.